The molecular weight excluding hydrogens is 312 g/mol. The number of imidazole rings is 1. The van der Waals surface area contributed by atoms with Gasteiger partial charge in [-0.15, -0.1) is 0 Å². The lowest BCUT2D eigenvalue weighted by Crippen LogP contribution is -2.12. The van der Waals surface area contributed by atoms with Gasteiger partial charge in [-0.2, -0.15) is 0 Å². The molecule has 0 saturated carbocycles. The zero-order valence-electron chi connectivity index (χ0n) is 14.5. The molecule has 5 nitrogen and oxygen atoms in total. The van der Waals surface area contributed by atoms with Crippen LogP contribution in [0.5, 0.6) is 0 Å². The summed E-state index contributed by atoms with van der Waals surface area (Å²) in [7, 11) is 0. The number of hydrogen-bond donors (Lipinski definition) is 3. The highest BCUT2D eigenvalue weighted by atomic mass is 16.1. The Morgan fingerprint density at radius 2 is 2.04 bits per heavy atom. The molecule has 0 fully saturated rings. The third-order valence-electron chi connectivity index (χ3n) is 4.26. The number of carbonyl (C=O) groups excluding carboxylic acids is 1. The Kier molecular flexibility index (Phi) is 5.33. The molecule has 0 saturated heterocycles. The van der Waals surface area contributed by atoms with Crippen LogP contribution in [0.2, 0.25) is 0 Å². The van der Waals surface area contributed by atoms with Gasteiger partial charge in [-0.25, -0.2) is 4.98 Å². The largest absolute Gasteiger partial charge is 0.399 e. The highest BCUT2D eigenvalue weighted by molar-refractivity contribution is 5.93. The summed E-state index contributed by atoms with van der Waals surface area (Å²) >= 11 is 0. The summed E-state index contributed by atoms with van der Waals surface area (Å²) in [5, 5.41) is 2.95. The summed E-state index contributed by atoms with van der Waals surface area (Å²) in [6.07, 6.45) is 4.24. The van der Waals surface area contributed by atoms with Crippen molar-refractivity contribution < 1.29 is 4.79 Å². The van der Waals surface area contributed by atoms with Crippen LogP contribution in [-0.2, 0) is 17.6 Å². The molecule has 0 spiro atoms. The number of anilines is 2. The number of para-hydroxylation sites is 1. The SMILES string of the molecule is CCCCc1nc2ccc(NC(=O)CCc3ccccc3N)cc2[nH]1. The Hall–Kier alpha value is -2.82. The molecule has 0 aliphatic carbocycles. The minimum absolute atomic E-state index is 0.0201. The van der Waals surface area contributed by atoms with Crippen LogP contribution in [0, 0.1) is 0 Å². The molecule has 3 rings (SSSR count). The Bertz CT molecular complexity index is 869. The summed E-state index contributed by atoms with van der Waals surface area (Å²) in [6, 6.07) is 13.4. The number of nitrogens with zero attached hydrogens (tertiary/aromatic N) is 1. The number of amides is 1. The molecule has 0 radical (unpaired) electrons. The lowest BCUT2D eigenvalue weighted by Gasteiger charge is -2.07. The molecule has 0 unspecified atom stereocenters. The molecule has 2 aromatic carbocycles. The topological polar surface area (TPSA) is 83.8 Å². The van der Waals surface area contributed by atoms with E-state index in [1.54, 1.807) is 0 Å². The number of benzene rings is 2. The summed E-state index contributed by atoms with van der Waals surface area (Å²) < 4.78 is 0. The van der Waals surface area contributed by atoms with E-state index in [4.69, 9.17) is 5.73 Å². The molecule has 130 valence electrons. The average Bonchev–Trinajstić information content (AvgIpc) is 3.01. The van der Waals surface area contributed by atoms with Crippen molar-refractivity contribution in [3.63, 3.8) is 0 Å². The maximum absolute atomic E-state index is 12.2. The number of nitrogens with two attached hydrogens (primary N) is 1. The number of aryl methyl sites for hydroxylation is 2. The highest BCUT2D eigenvalue weighted by Crippen LogP contribution is 2.19. The molecule has 0 atom stereocenters. The summed E-state index contributed by atoms with van der Waals surface area (Å²) in [4.78, 5) is 20.1. The van der Waals surface area contributed by atoms with Crippen LogP contribution in [0.4, 0.5) is 11.4 Å². The van der Waals surface area contributed by atoms with Gasteiger partial charge in [0, 0.05) is 24.2 Å². The first-order valence-corrected chi connectivity index (χ1v) is 8.77. The number of H-pyrrole nitrogens is 1. The Morgan fingerprint density at radius 3 is 2.84 bits per heavy atom. The van der Waals surface area contributed by atoms with Gasteiger partial charge < -0.3 is 16.0 Å². The van der Waals surface area contributed by atoms with Crippen LogP contribution in [0.25, 0.3) is 11.0 Å². The first kappa shape index (κ1) is 17.0. The van der Waals surface area contributed by atoms with Gasteiger partial charge in [0.15, 0.2) is 0 Å². The number of carbonyl (C=O) groups is 1. The Morgan fingerprint density at radius 1 is 1.20 bits per heavy atom. The summed E-state index contributed by atoms with van der Waals surface area (Å²) in [5.74, 6) is 0.980. The van der Waals surface area contributed by atoms with E-state index in [0.717, 1.165) is 53.1 Å². The first-order chi connectivity index (χ1) is 12.2. The molecule has 1 amide bonds. The monoisotopic (exact) mass is 336 g/mol. The van der Waals surface area contributed by atoms with E-state index in [0.29, 0.717) is 12.8 Å². The number of aromatic amines is 1. The van der Waals surface area contributed by atoms with Gasteiger partial charge >= 0.3 is 0 Å². The number of unbranched alkanes of at least 4 members (excludes halogenated alkanes) is 1. The lowest BCUT2D eigenvalue weighted by atomic mass is 10.1. The van der Waals surface area contributed by atoms with Crippen molar-refractivity contribution in [3.8, 4) is 0 Å². The maximum atomic E-state index is 12.2. The van der Waals surface area contributed by atoms with E-state index < -0.39 is 0 Å². The van der Waals surface area contributed by atoms with Crippen LogP contribution in [0.15, 0.2) is 42.5 Å². The van der Waals surface area contributed by atoms with Gasteiger partial charge in [-0.05, 0) is 42.7 Å². The van der Waals surface area contributed by atoms with Gasteiger partial charge in [0.25, 0.3) is 0 Å². The minimum atomic E-state index is -0.0201. The van der Waals surface area contributed by atoms with E-state index in [-0.39, 0.29) is 5.91 Å². The Labute approximate surface area is 147 Å². The van der Waals surface area contributed by atoms with Crippen LogP contribution < -0.4 is 11.1 Å². The summed E-state index contributed by atoms with van der Waals surface area (Å²) in [5.41, 5.74) is 10.3. The van der Waals surface area contributed by atoms with Crippen LogP contribution >= 0.6 is 0 Å². The zero-order valence-corrected chi connectivity index (χ0v) is 14.5. The highest BCUT2D eigenvalue weighted by Gasteiger charge is 2.07. The van der Waals surface area contributed by atoms with Gasteiger partial charge in [0.05, 0.1) is 11.0 Å². The second-order valence-electron chi connectivity index (χ2n) is 6.27. The molecule has 3 aromatic rings. The van der Waals surface area contributed by atoms with Crippen LogP contribution in [0.3, 0.4) is 0 Å². The van der Waals surface area contributed by atoms with Crippen molar-refractivity contribution in [3.05, 3.63) is 53.9 Å². The average molecular weight is 336 g/mol. The molecular formula is C20H24N4O. The molecule has 5 heteroatoms. The minimum Gasteiger partial charge on any atom is -0.399 e. The number of rotatable bonds is 7. The van der Waals surface area contributed by atoms with Crippen molar-refractivity contribution in [2.24, 2.45) is 0 Å². The van der Waals surface area contributed by atoms with Gasteiger partial charge in [0.2, 0.25) is 5.91 Å². The number of aromatic nitrogens is 2. The van der Waals surface area contributed by atoms with Crippen LogP contribution in [0.1, 0.15) is 37.6 Å². The molecule has 0 aliphatic heterocycles. The second kappa shape index (κ2) is 7.83. The van der Waals surface area contributed by atoms with E-state index >= 15 is 0 Å². The van der Waals surface area contributed by atoms with Crippen molar-refractivity contribution in [1.29, 1.82) is 0 Å². The van der Waals surface area contributed by atoms with Crippen molar-refractivity contribution in [2.45, 2.75) is 39.0 Å². The summed E-state index contributed by atoms with van der Waals surface area (Å²) in [6.45, 7) is 2.17. The first-order valence-electron chi connectivity index (χ1n) is 8.77. The fourth-order valence-corrected chi connectivity index (χ4v) is 2.84. The predicted octanol–water partition coefficient (Wildman–Crippen LogP) is 4.06. The van der Waals surface area contributed by atoms with Crippen molar-refractivity contribution >= 4 is 28.3 Å². The molecule has 4 N–H and O–H groups in total. The molecule has 1 aromatic heterocycles. The van der Waals surface area contributed by atoms with Crippen LogP contribution in [-0.4, -0.2) is 15.9 Å². The predicted molar refractivity (Wildman–Crippen MR) is 103 cm³/mol. The van der Waals surface area contributed by atoms with Gasteiger partial charge in [-0.3, -0.25) is 4.79 Å². The molecule has 0 bridgehead atoms. The fraction of sp³-hybridized carbons (Fsp3) is 0.300. The van der Waals surface area contributed by atoms with E-state index in [1.807, 2.05) is 42.5 Å². The number of nitrogen functional groups attached to an aromatic ring is 1. The van der Waals surface area contributed by atoms with Gasteiger partial charge in [0.1, 0.15) is 5.82 Å². The third kappa shape index (κ3) is 4.38. The van der Waals surface area contributed by atoms with E-state index in [2.05, 4.69) is 22.2 Å². The molecule has 0 aliphatic rings. The number of fused-ring (bicyclic) bond motifs is 1. The van der Waals surface area contributed by atoms with Gasteiger partial charge in [-0.1, -0.05) is 31.5 Å². The second-order valence-corrected chi connectivity index (χ2v) is 6.27. The van der Waals surface area contributed by atoms with Crippen molar-refractivity contribution in [1.82, 2.24) is 9.97 Å². The molecule has 25 heavy (non-hydrogen) atoms. The van der Waals surface area contributed by atoms with Crippen molar-refractivity contribution in [2.75, 3.05) is 11.1 Å². The smallest absolute Gasteiger partial charge is 0.224 e. The standard InChI is InChI=1S/C20H24N4O/c1-2-3-8-19-23-17-11-10-15(13-18(17)24-19)22-20(25)12-9-14-6-4-5-7-16(14)21/h4-7,10-11,13H,2-3,8-9,12,21H2,1H3,(H,22,25)(H,23,24). The number of hydrogen-bond acceptors (Lipinski definition) is 3. The maximum Gasteiger partial charge on any atom is 0.224 e. The number of nitrogens with one attached hydrogen (secondary N) is 2. The third-order valence-corrected chi connectivity index (χ3v) is 4.26. The van der Waals surface area contributed by atoms with E-state index in [1.165, 1.54) is 0 Å². The quantitative estimate of drug-likeness (QED) is 0.569. The zero-order chi connectivity index (χ0) is 17.6. The normalized spacial score (nSPS) is 10.9. The Balaban J connectivity index is 1.61. The fourth-order valence-electron chi connectivity index (χ4n) is 2.84. The van der Waals surface area contributed by atoms with E-state index in [9.17, 15) is 4.79 Å². The molecule has 1 heterocycles. The lowest BCUT2D eigenvalue weighted by molar-refractivity contribution is -0.116.